The van der Waals surface area contributed by atoms with E-state index >= 15 is 0 Å². The lowest BCUT2D eigenvalue weighted by molar-refractivity contribution is 0.0601. The first-order valence-corrected chi connectivity index (χ1v) is 10.2. The number of rotatable bonds is 6. The van der Waals surface area contributed by atoms with Gasteiger partial charge in [-0.25, -0.2) is 19.6 Å². The number of aromatic amines is 1. The maximum atomic E-state index is 12.4. The Morgan fingerprint density at radius 2 is 1.76 bits per heavy atom. The second kappa shape index (κ2) is 9.84. The highest BCUT2D eigenvalue weighted by Crippen LogP contribution is 2.23. The van der Waals surface area contributed by atoms with Gasteiger partial charge < -0.3 is 25.7 Å². The first kappa shape index (κ1) is 21.8. The summed E-state index contributed by atoms with van der Waals surface area (Å²) in [6, 6.07) is 16.8. The zero-order valence-electron chi connectivity index (χ0n) is 17.4. The molecule has 9 nitrogen and oxygen atoms in total. The Hall–Kier alpha value is -4.37. The topological polar surface area (TPSA) is 121 Å². The molecule has 2 heterocycles. The average Bonchev–Trinajstić information content (AvgIpc) is 3.35. The molecule has 0 bridgehead atoms. The van der Waals surface area contributed by atoms with Crippen molar-refractivity contribution in [2.75, 3.05) is 23.1 Å². The van der Waals surface area contributed by atoms with E-state index in [9.17, 15) is 9.59 Å². The van der Waals surface area contributed by atoms with Gasteiger partial charge >= 0.3 is 12.0 Å². The highest BCUT2D eigenvalue weighted by atomic mass is 35.5. The Kier molecular flexibility index (Phi) is 6.51. The molecule has 0 aliphatic heterocycles. The van der Waals surface area contributed by atoms with Gasteiger partial charge in [-0.15, -0.1) is 0 Å². The summed E-state index contributed by atoms with van der Waals surface area (Å²) in [5.41, 5.74) is 3.41. The third kappa shape index (κ3) is 5.46. The fourth-order valence-corrected chi connectivity index (χ4v) is 3.22. The molecule has 33 heavy (non-hydrogen) atoms. The van der Waals surface area contributed by atoms with Gasteiger partial charge in [0.05, 0.1) is 29.1 Å². The summed E-state index contributed by atoms with van der Waals surface area (Å²) in [5.74, 6) is -0.175. The van der Waals surface area contributed by atoms with Gasteiger partial charge in [0.25, 0.3) is 0 Å². The maximum Gasteiger partial charge on any atom is 0.339 e. The van der Waals surface area contributed by atoms with Gasteiger partial charge in [0.2, 0.25) is 5.95 Å². The van der Waals surface area contributed by atoms with E-state index in [4.69, 9.17) is 16.3 Å². The van der Waals surface area contributed by atoms with Gasteiger partial charge in [-0.1, -0.05) is 17.7 Å². The molecular formula is C23H19ClN6O3. The van der Waals surface area contributed by atoms with E-state index in [1.807, 2.05) is 30.5 Å². The monoisotopic (exact) mass is 462 g/mol. The molecule has 4 N–H and O–H groups in total. The van der Waals surface area contributed by atoms with Crippen molar-refractivity contribution in [2.45, 2.75) is 0 Å². The number of hydrogen-bond acceptors (Lipinski definition) is 6. The van der Waals surface area contributed by atoms with Gasteiger partial charge in [-0.2, -0.15) is 0 Å². The number of aromatic nitrogens is 3. The number of carbonyl (C=O) groups excluding carboxylic acids is 2. The predicted octanol–water partition coefficient (Wildman–Crippen LogP) is 5.30. The number of halogens is 1. The lowest BCUT2D eigenvalue weighted by atomic mass is 10.2. The van der Waals surface area contributed by atoms with E-state index in [0.717, 1.165) is 11.4 Å². The molecule has 0 spiro atoms. The zero-order chi connectivity index (χ0) is 23.2. The number of anilines is 4. The van der Waals surface area contributed by atoms with Crippen LogP contribution in [-0.4, -0.2) is 34.1 Å². The highest BCUT2D eigenvalue weighted by molar-refractivity contribution is 6.33. The van der Waals surface area contributed by atoms with Gasteiger partial charge in [0, 0.05) is 29.5 Å². The van der Waals surface area contributed by atoms with Gasteiger partial charge in [0.15, 0.2) is 0 Å². The molecule has 0 unspecified atom stereocenters. The molecule has 0 saturated heterocycles. The summed E-state index contributed by atoms with van der Waals surface area (Å²) in [6.07, 6.45) is 3.49. The summed E-state index contributed by atoms with van der Waals surface area (Å²) in [7, 11) is 1.26. The van der Waals surface area contributed by atoms with Crippen molar-refractivity contribution in [3.8, 4) is 11.4 Å². The summed E-state index contributed by atoms with van der Waals surface area (Å²) in [6.45, 7) is 0. The number of esters is 1. The Labute approximate surface area is 194 Å². The van der Waals surface area contributed by atoms with Crippen LogP contribution in [0.15, 0.2) is 73.1 Å². The van der Waals surface area contributed by atoms with E-state index in [-0.39, 0.29) is 10.6 Å². The lowest BCUT2D eigenvalue weighted by Crippen LogP contribution is -2.19. The number of carbonyl (C=O) groups is 2. The largest absolute Gasteiger partial charge is 0.465 e. The molecule has 2 aromatic carbocycles. The first-order chi connectivity index (χ1) is 16.0. The Morgan fingerprint density at radius 1 is 0.970 bits per heavy atom. The summed E-state index contributed by atoms with van der Waals surface area (Å²) in [5, 5.41) is 8.77. The van der Waals surface area contributed by atoms with Gasteiger partial charge in [-0.05, 0) is 54.6 Å². The Balaban J connectivity index is 1.43. The molecule has 0 radical (unpaired) electrons. The van der Waals surface area contributed by atoms with E-state index in [0.29, 0.717) is 23.0 Å². The van der Waals surface area contributed by atoms with Crippen LogP contribution in [-0.2, 0) is 4.74 Å². The van der Waals surface area contributed by atoms with Crippen LogP contribution in [0.25, 0.3) is 11.4 Å². The number of nitrogens with one attached hydrogen (secondary N) is 4. The van der Waals surface area contributed by atoms with E-state index in [2.05, 4.69) is 30.9 Å². The van der Waals surface area contributed by atoms with Crippen LogP contribution >= 0.6 is 11.6 Å². The van der Waals surface area contributed by atoms with Gasteiger partial charge in [0.1, 0.15) is 0 Å². The van der Waals surface area contributed by atoms with Crippen molar-refractivity contribution < 1.29 is 14.3 Å². The van der Waals surface area contributed by atoms with Crippen LogP contribution in [0.3, 0.4) is 0 Å². The third-order valence-electron chi connectivity index (χ3n) is 4.54. The number of nitrogens with zero attached hydrogens (tertiary/aromatic N) is 2. The molecule has 0 aliphatic carbocycles. The standard InChI is InChI=1S/C23H19ClN6O3/c1-33-21(31)17-13-16(7-8-18(17)24)29-23(32)28-15-5-2-4-14(12-15)27-22-26-11-9-20(30-22)19-6-3-10-25-19/h2-13,25H,1H3,(H,26,27,30)(H2,28,29,32). The predicted molar refractivity (Wildman–Crippen MR) is 127 cm³/mol. The molecule has 0 atom stereocenters. The zero-order valence-corrected chi connectivity index (χ0v) is 18.2. The Morgan fingerprint density at radius 3 is 2.52 bits per heavy atom. The number of amides is 2. The summed E-state index contributed by atoms with van der Waals surface area (Å²) in [4.78, 5) is 36.1. The summed E-state index contributed by atoms with van der Waals surface area (Å²) < 4.78 is 4.69. The van der Waals surface area contributed by atoms with Gasteiger partial charge in [-0.3, -0.25) is 0 Å². The quantitative estimate of drug-likeness (QED) is 0.288. The minimum absolute atomic E-state index is 0.157. The number of H-pyrrole nitrogens is 1. The number of ether oxygens (including phenoxy) is 1. The lowest BCUT2D eigenvalue weighted by Gasteiger charge is -2.11. The van der Waals surface area contributed by atoms with E-state index in [1.165, 1.54) is 19.2 Å². The van der Waals surface area contributed by atoms with Crippen molar-refractivity contribution in [3.05, 3.63) is 83.6 Å². The molecule has 4 aromatic rings. The van der Waals surface area contributed by atoms with E-state index in [1.54, 1.807) is 30.5 Å². The van der Waals surface area contributed by atoms with E-state index < -0.39 is 12.0 Å². The minimum Gasteiger partial charge on any atom is -0.465 e. The van der Waals surface area contributed by atoms with Crippen molar-refractivity contribution in [3.63, 3.8) is 0 Å². The van der Waals surface area contributed by atoms with Crippen LogP contribution in [0.2, 0.25) is 5.02 Å². The smallest absolute Gasteiger partial charge is 0.339 e. The molecule has 4 rings (SSSR count). The number of hydrogen-bond donors (Lipinski definition) is 4. The van der Waals surface area contributed by atoms with Crippen molar-refractivity contribution in [2.24, 2.45) is 0 Å². The third-order valence-corrected chi connectivity index (χ3v) is 4.87. The summed E-state index contributed by atoms with van der Waals surface area (Å²) >= 11 is 6.01. The molecule has 0 saturated carbocycles. The molecule has 166 valence electrons. The van der Waals surface area contributed by atoms with Crippen molar-refractivity contribution >= 4 is 46.6 Å². The minimum atomic E-state index is -0.592. The molecule has 0 aliphatic rings. The average molecular weight is 463 g/mol. The molecular weight excluding hydrogens is 444 g/mol. The number of urea groups is 1. The molecule has 0 fully saturated rings. The maximum absolute atomic E-state index is 12.4. The fourth-order valence-electron chi connectivity index (χ4n) is 3.03. The molecule has 2 aromatic heterocycles. The van der Waals surface area contributed by atoms with Crippen LogP contribution in [0, 0.1) is 0 Å². The highest BCUT2D eigenvalue weighted by Gasteiger charge is 2.13. The van der Waals surface area contributed by atoms with Crippen molar-refractivity contribution in [1.82, 2.24) is 15.0 Å². The normalized spacial score (nSPS) is 10.4. The first-order valence-electron chi connectivity index (χ1n) is 9.81. The fraction of sp³-hybridized carbons (Fsp3) is 0.0435. The second-order valence-electron chi connectivity index (χ2n) is 6.82. The van der Waals surface area contributed by atoms with Crippen molar-refractivity contribution in [1.29, 1.82) is 0 Å². The number of benzene rings is 2. The van der Waals surface area contributed by atoms with Crippen LogP contribution in [0.5, 0.6) is 0 Å². The Bertz CT molecular complexity index is 1290. The van der Waals surface area contributed by atoms with Crippen LogP contribution in [0.1, 0.15) is 10.4 Å². The van der Waals surface area contributed by atoms with Crippen LogP contribution in [0.4, 0.5) is 27.8 Å². The second-order valence-corrected chi connectivity index (χ2v) is 7.23. The molecule has 10 heteroatoms. The SMILES string of the molecule is COC(=O)c1cc(NC(=O)Nc2cccc(Nc3nccc(-c4ccc[nH]4)n3)c2)ccc1Cl. The number of methoxy groups -OCH3 is 1. The van der Waals surface area contributed by atoms with Crippen LogP contribution < -0.4 is 16.0 Å². The molecule has 2 amide bonds.